The number of fused-ring (bicyclic) bond motifs is 1. The van der Waals surface area contributed by atoms with Crippen LogP contribution in [0.4, 0.5) is 5.82 Å². The van der Waals surface area contributed by atoms with Gasteiger partial charge < -0.3 is 14.7 Å². The average molecular weight is 441 g/mol. The van der Waals surface area contributed by atoms with Crippen molar-refractivity contribution in [3.63, 3.8) is 0 Å². The maximum Gasteiger partial charge on any atom is 0.343 e. The predicted octanol–water partition coefficient (Wildman–Crippen LogP) is 3.06. The molecule has 4 rings (SSSR count). The quantitative estimate of drug-likeness (QED) is 0.245. The van der Waals surface area contributed by atoms with Crippen molar-refractivity contribution in [2.24, 2.45) is 7.05 Å². The molecule has 10 nitrogen and oxygen atoms in total. The highest BCUT2D eigenvalue weighted by Gasteiger charge is 2.24. The van der Waals surface area contributed by atoms with Gasteiger partial charge in [0.25, 0.3) is 15.9 Å². The van der Waals surface area contributed by atoms with Crippen LogP contribution in [0.5, 0.6) is 0 Å². The smallest absolute Gasteiger partial charge is 0.343 e. The standard InChI is InChI=1S/C20H19N5O5S/c1-14-7-9-15(10-8-14)31(28,29)30-12-11-24-17-6-4-3-5-16(17)22-20(24)19-21-13-18(23(19)2)25(26)27/h3-10,13H,11-12H2,1-2H3. The summed E-state index contributed by atoms with van der Waals surface area (Å²) in [7, 11) is -2.39. The van der Waals surface area contributed by atoms with Crippen molar-refractivity contribution in [3.05, 3.63) is 70.4 Å². The van der Waals surface area contributed by atoms with E-state index in [1.165, 1.54) is 23.7 Å². The fourth-order valence-corrected chi connectivity index (χ4v) is 4.16. The van der Waals surface area contributed by atoms with Crippen molar-refractivity contribution in [3.8, 4) is 11.6 Å². The number of nitrogens with zero attached hydrogens (tertiary/aromatic N) is 5. The molecule has 0 unspecified atom stereocenters. The third kappa shape index (κ3) is 3.92. The molecule has 0 radical (unpaired) electrons. The van der Waals surface area contributed by atoms with Gasteiger partial charge in [0.05, 0.1) is 29.6 Å². The first-order chi connectivity index (χ1) is 14.8. The highest BCUT2D eigenvalue weighted by molar-refractivity contribution is 7.86. The maximum atomic E-state index is 12.5. The number of benzene rings is 2. The molecule has 2 heterocycles. The van der Waals surface area contributed by atoms with Crippen molar-refractivity contribution in [2.45, 2.75) is 18.4 Å². The van der Waals surface area contributed by atoms with Gasteiger partial charge in [-0.2, -0.15) is 8.42 Å². The Hall–Kier alpha value is -3.57. The zero-order valence-corrected chi connectivity index (χ0v) is 17.6. The Kier molecular flexibility index (Phi) is 5.29. The number of rotatable bonds is 7. The Morgan fingerprint density at radius 2 is 1.81 bits per heavy atom. The molecule has 0 atom stereocenters. The molecule has 2 aromatic heterocycles. The van der Waals surface area contributed by atoms with E-state index in [2.05, 4.69) is 9.97 Å². The lowest BCUT2D eigenvalue weighted by Crippen LogP contribution is -2.13. The molecular weight excluding hydrogens is 422 g/mol. The SMILES string of the molecule is Cc1ccc(S(=O)(=O)OCCn2c(-c3ncc([N+](=O)[O-])n3C)nc3ccccc32)cc1. The molecule has 0 saturated carbocycles. The average Bonchev–Trinajstić information content (AvgIpc) is 3.29. The summed E-state index contributed by atoms with van der Waals surface area (Å²) in [5, 5.41) is 11.2. The summed E-state index contributed by atoms with van der Waals surface area (Å²) < 4.78 is 33.3. The lowest BCUT2D eigenvalue weighted by Gasteiger charge is -2.09. The summed E-state index contributed by atoms with van der Waals surface area (Å²) in [5.41, 5.74) is 2.33. The van der Waals surface area contributed by atoms with Crippen LogP contribution in [0.15, 0.2) is 59.6 Å². The number of imidazole rings is 2. The minimum Gasteiger partial charge on any atom is -0.358 e. The van der Waals surface area contributed by atoms with Crippen molar-refractivity contribution >= 4 is 27.0 Å². The summed E-state index contributed by atoms with van der Waals surface area (Å²) in [4.78, 5) is 19.4. The topological polar surface area (TPSA) is 122 Å². The molecule has 0 saturated heterocycles. The van der Waals surface area contributed by atoms with Crippen LogP contribution in [0.25, 0.3) is 22.7 Å². The molecule has 0 aliphatic rings. The maximum absolute atomic E-state index is 12.5. The van der Waals surface area contributed by atoms with E-state index in [0.717, 1.165) is 17.3 Å². The van der Waals surface area contributed by atoms with Crippen LogP contribution in [-0.2, 0) is 27.9 Å². The molecule has 0 amide bonds. The zero-order chi connectivity index (χ0) is 22.2. The van der Waals surface area contributed by atoms with E-state index in [1.54, 1.807) is 22.8 Å². The van der Waals surface area contributed by atoms with E-state index >= 15 is 0 Å². The molecule has 0 bridgehead atoms. The summed E-state index contributed by atoms with van der Waals surface area (Å²) >= 11 is 0. The molecule has 4 aromatic rings. The summed E-state index contributed by atoms with van der Waals surface area (Å²) in [6.07, 6.45) is 1.16. The van der Waals surface area contributed by atoms with Gasteiger partial charge in [-0.15, -0.1) is 0 Å². The van der Waals surface area contributed by atoms with Gasteiger partial charge in [0.1, 0.15) is 6.20 Å². The Morgan fingerprint density at radius 3 is 2.48 bits per heavy atom. The van der Waals surface area contributed by atoms with E-state index in [1.807, 2.05) is 25.1 Å². The minimum atomic E-state index is -3.92. The molecule has 160 valence electrons. The van der Waals surface area contributed by atoms with Gasteiger partial charge >= 0.3 is 5.82 Å². The van der Waals surface area contributed by atoms with Crippen LogP contribution in [-0.4, -0.2) is 39.1 Å². The van der Waals surface area contributed by atoms with Gasteiger partial charge in [0.15, 0.2) is 0 Å². The third-order valence-corrected chi connectivity index (χ3v) is 6.19. The van der Waals surface area contributed by atoms with Crippen molar-refractivity contribution in [1.29, 1.82) is 0 Å². The number of aryl methyl sites for hydroxylation is 1. The van der Waals surface area contributed by atoms with E-state index in [4.69, 9.17) is 4.18 Å². The van der Waals surface area contributed by atoms with Gasteiger partial charge in [-0.3, -0.25) is 4.18 Å². The van der Waals surface area contributed by atoms with Gasteiger partial charge in [-0.1, -0.05) is 29.8 Å². The van der Waals surface area contributed by atoms with Crippen LogP contribution in [0, 0.1) is 17.0 Å². The largest absolute Gasteiger partial charge is 0.358 e. The molecule has 0 fully saturated rings. The molecule has 0 aliphatic heterocycles. The van der Waals surface area contributed by atoms with Gasteiger partial charge in [-0.05, 0) is 36.1 Å². The first-order valence-corrected chi connectivity index (χ1v) is 10.8. The Balaban J connectivity index is 1.65. The first kappa shape index (κ1) is 20.7. The van der Waals surface area contributed by atoms with Crippen LogP contribution >= 0.6 is 0 Å². The second-order valence-electron chi connectivity index (χ2n) is 6.92. The monoisotopic (exact) mass is 441 g/mol. The van der Waals surface area contributed by atoms with Crippen LogP contribution in [0.2, 0.25) is 0 Å². The number of nitro groups is 1. The molecule has 11 heteroatoms. The number of para-hydroxylation sites is 2. The Bertz CT molecular complexity index is 1370. The van der Waals surface area contributed by atoms with Crippen LogP contribution in [0.1, 0.15) is 5.56 Å². The van der Waals surface area contributed by atoms with Gasteiger partial charge in [0.2, 0.25) is 5.82 Å². The number of hydrogen-bond donors (Lipinski definition) is 0. The fraction of sp³-hybridized carbons (Fsp3) is 0.200. The zero-order valence-electron chi connectivity index (χ0n) is 16.8. The molecule has 0 spiro atoms. The van der Waals surface area contributed by atoms with Crippen molar-refractivity contribution < 1.29 is 17.5 Å². The third-order valence-electron chi connectivity index (χ3n) is 4.87. The normalized spacial score (nSPS) is 11.8. The summed E-state index contributed by atoms with van der Waals surface area (Å²) in [6, 6.07) is 13.7. The summed E-state index contributed by atoms with van der Waals surface area (Å²) in [5.74, 6) is 0.504. The van der Waals surface area contributed by atoms with Crippen LogP contribution < -0.4 is 0 Å². The Morgan fingerprint density at radius 1 is 1.10 bits per heavy atom. The molecule has 2 aromatic carbocycles. The van der Waals surface area contributed by atoms with E-state index in [0.29, 0.717) is 17.2 Å². The first-order valence-electron chi connectivity index (χ1n) is 9.36. The lowest BCUT2D eigenvalue weighted by molar-refractivity contribution is -0.391. The molecular formula is C20H19N5O5S. The number of hydrogen-bond acceptors (Lipinski definition) is 7. The molecule has 0 N–H and O–H groups in total. The fourth-order valence-electron chi connectivity index (χ4n) is 3.26. The van der Waals surface area contributed by atoms with E-state index < -0.39 is 15.0 Å². The van der Waals surface area contributed by atoms with Crippen molar-refractivity contribution in [1.82, 2.24) is 19.1 Å². The van der Waals surface area contributed by atoms with Gasteiger partial charge in [-0.25, -0.2) is 14.5 Å². The second-order valence-corrected chi connectivity index (χ2v) is 8.54. The van der Waals surface area contributed by atoms with E-state index in [-0.39, 0.29) is 23.9 Å². The Labute approximate surface area is 178 Å². The minimum absolute atomic E-state index is 0.0774. The highest BCUT2D eigenvalue weighted by Crippen LogP contribution is 2.26. The molecule has 31 heavy (non-hydrogen) atoms. The van der Waals surface area contributed by atoms with Crippen LogP contribution in [0.3, 0.4) is 0 Å². The van der Waals surface area contributed by atoms with Gasteiger partial charge in [0, 0.05) is 6.54 Å². The highest BCUT2D eigenvalue weighted by atomic mass is 32.2. The second kappa shape index (κ2) is 7.93. The summed E-state index contributed by atoms with van der Waals surface area (Å²) in [6.45, 7) is 1.88. The molecule has 0 aliphatic carbocycles. The van der Waals surface area contributed by atoms with Crippen molar-refractivity contribution in [2.75, 3.05) is 6.61 Å². The number of aromatic nitrogens is 4. The van der Waals surface area contributed by atoms with E-state index in [9.17, 15) is 18.5 Å². The predicted molar refractivity (Wildman–Crippen MR) is 113 cm³/mol. The lowest BCUT2D eigenvalue weighted by atomic mass is 10.2.